The molecule has 0 unspecified atom stereocenters. The zero-order chi connectivity index (χ0) is 19.5. The van der Waals surface area contributed by atoms with Crippen molar-refractivity contribution < 1.29 is 14.7 Å². The van der Waals surface area contributed by atoms with E-state index in [0.29, 0.717) is 25.7 Å². The molecule has 1 atom stereocenters. The Hall–Kier alpha value is -2.40. The second-order valence-corrected chi connectivity index (χ2v) is 8.28. The van der Waals surface area contributed by atoms with Gasteiger partial charge in [-0.3, -0.25) is 9.59 Å². The molecule has 3 N–H and O–H groups in total. The van der Waals surface area contributed by atoms with Crippen LogP contribution in [0.2, 0.25) is 0 Å². The largest absolute Gasteiger partial charge is 0.394 e. The number of carbonyl (C=O) groups excluding carboxylic acids is 2. The molecule has 1 aliphatic rings. The van der Waals surface area contributed by atoms with Crippen LogP contribution in [0.5, 0.6) is 0 Å². The van der Waals surface area contributed by atoms with Crippen molar-refractivity contribution in [1.29, 1.82) is 0 Å². The molecule has 5 nitrogen and oxygen atoms in total. The van der Waals surface area contributed by atoms with E-state index >= 15 is 0 Å². The van der Waals surface area contributed by atoms with Crippen molar-refractivity contribution in [3.05, 3.63) is 48.0 Å². The summed E-state index contributed by atoms with van der Waals surface area (Å²) in [6.07, 6.45) is 2.84. The molecule has 0 spiro atoms. The maximum atomic E-state index is 12.3. The van der Waals surface area contributed by atoms with Crippen molar-refractivity contribution in [2.45, 2.75) is 57.0 Å². The van der Waals surface area contributed by atoms with Crippen LogP contribution in [0.15, 0.2) is 42.5 Å². The lowest BCUT2D eigenvalue weighted by Crippen LogP contribution is -2.48. The first-order valence-electron chi connectivity index (χ1n) is 9.51. The number of fused-ring (bicyclic) bond motifs is 1. The summed E-state index contributed by atoms with van der Waals surface area (Å²) in [5.41, 5.74) is 0.133. The SMILES string of the molecule is CC(C)(CO)NC(=O)CC[C@@]1(Cc2ccc3ccccc3c2)CCC(=O)N1. The van der Waals surface area contributed by atoms with Gasteiger partial charge in [-0.1, -0.05) is 42.5 Å². The highest BCUT2D eigenvalue weighted by atomic mass is 16.3. The summed E-state index contributed by atoms with van der Waals surface area (Å²) < 4.78 is 0. The molecule has 1 saturated heterocycles. The molecular weight excluding hydrogens is 340 g/mol. The minimum Gasteiger partial charge on any atom is -0.394 e. The first-order valence-corrected chi connectivity index (χ1v) is 9.51. The van der Waals surface area contributed by atoms with Crippen LogP contribution in [-0.4, -0.2) is 34.6 Å². The number of nitrogens with one attached hydrogen (secondary N) is 2. The summed E-state index contributed by atoms with van der Waals surface area (Å²) in [6, 6.07) is 14.6. The highest BCUT2D eigenvalue weighted by Crippen LogP contribution is 2.30. The number of rotatable bonds is 7. The van der Waals surface area contributed by atoms with E-state index in [0.717, 1.165) is 12.0 Å². The average Bonchev–Trinajstić information content (AvgIpc) is 3.00. The van der Waals surface area contributed by atoms with Crippen molar-refractivity contribution in [3.63, 3.8) is 0 Å². The predicted molar refractivity (Wildman–Crippen MR) is 106 cm³/mol. The van der Waals surface area contributed by atoms with E-state index in [1.54, 1.807) is 13.8 Å². The minimum absolute atomic E-state index is 0.0480. The van der Waals surface area contributed by atoms with Gasteiger partial charge in [0.1, 0.15) is 0 Å². The fraction of sp³-hybridized carbons (Fsp3) is 0.455. The molecule has 1 fully saturated rings. The number of aliphatic hydroxyl groups excluding tert-OH is 1. The zero-order valence-electron chi connectivity index (χ0n) is 16.0. The molecule has 2 amide bonds. The number of aliphatic hydroxyl groups is 1. The maximum absolute atomic E-state index is 12.3. The highest BCUT2D eigenvalue weighted by molar-refractivity contribution is 5.83. The summed E-state index contributed by atoms with van der Waals surface area (Å²) >= 11 is 0. The Morgan fingerprint density at radius 2 is 1.96 bits per heavy atom. The third-order valence-corrected chi connectivity index (χ3v) is 5.30. The second kappa shape index (κ2) is 7.69. The number of hydrogen-bond acceptors (Lipinski definition) is 3. The van der Waals surface area contributed by atoms with Gasteiger partial charge in [0.15, 0.2) is 0 Å². The van der Waals surface area contributed by atoms with Crippen molar-refractivity contribution in [2.24, 2.45) is 0 Å². The van der Waals surface area contributed by atoms with E-state index in [9.17, 15) is 14.7 Å². The molecule has 0 bridgehead atoms. The Balaban J connectivity index is 1.72. The molecular formula is C22H28N2O3. The Labute approximate surface area is 160 Å². The van der Waals surface area contributed by atoms with E-state index in [2.05, 4.69) is 41.0 Å². The lowest BCUT2D eigenvalue weighted by atomic mass is 9.84. The van der Waals surface area contributed by atoms with E-state index in [1.165, 1.54) is 10.8 Å². The predicted octanol–water partition coefficient (Wildman–Crippen LogP) is 2.70. The molecule has 27 heavy (non-hydrogen) atoms. The van der Waals surface area contributed by atoms with E-state index < -0.39 is 5.54 Å². The number of benzene rings is 2. The van der Waals surface area contributed by atoms with Gasteiger partial charge in [-0.05, 0) is 49.4 Å². The van der Waals surface area contributed by atoms with Gasteiger partial charge in [0.2, 0.25) is 11.8 Å². The third-order valence-electron chi connectivity index (χ3n) is 5.30. The third kappa shape index (κ3) is 4.86. The van der Waals surface area contributed by atoms with Crippen LogP contribution in [0, 0.1) is 0 Å². The van der Waals surface area contributed by atoms with Crippen LogP contribution in [0.1, 0.15) is 45.1 Å². The number of carbonyl (C=O) groups is 2. The number of hydrogen-bond donors (Lipinski definition) is 3. The summed E-state index contributed by atoms with van der Waals surface area (Å²) in [5, 5.41) is 17.7. The highest BCUT2D eigenvalue weighted by Gasteiger charge is 2.38. The Kier molecular flexibility index (Phi) is 5.51. The molecule has 0 saturated carbocycles. The summed E-state index contributed by atoms with van der Waals surface area (Å²) in [6.45, 7) is 3.46. The lowest BCUT2D eigenvalue weighted by Gasteiger charge is -2.30. The second-order valence-electron chi connectivity index (χ2n) is 8.28. The molecule has 0 aliphatic carbocycles. The zero-order valence-corrected chi connectivity index (χ0v) is 16.0. The first-order chi connectivity index (χ1) is 12.8. The molecule has 2 aromatic carbocycles. The molecule has 3 rings (SSSR count). The van der Waals surface area contributed by atoms with Crippen molar-refractivity contribution in [3.8, 4) is 0 Å². The van der Waals surface area contributed by atoms with E-state index in [1.807, 2.05) is 12.1 Å². The van der Waals surface area contributed by atoms with Gasteiger partial charge in [0.05, 0.1) is 12.1 Å². The van der Waals surface area contributed by atoms with Crippen LogP contribution in [-0.2, 0) is 16.0 Å². The summed E-state index contributed by atoms with van der Waals surface area (Å²) in [4.78, 5) is 24.2. The van der Waals surface area contributed by atoms with Gasteiger partial charge < -0.3 is 15.7 Å². The van der Waals surface area contributed by atoms with Crippen LogP contribution < -0.4 is 10.6 Å². The van der Waals surface area contributed by atoms with Crippen LogP contribution in [0.3, 0.4) is 0 Å². The van der Waals surface area contributed by atoms with Crippen molar-refractivity contribution in [1.82, 2.24) is 10.6 Å². The van der Waals surface area contributed by atoms with Gasteiger partial charge in [-0.15, -0.1) is 0 Å². The van der Waals surface area contributed by atoms with Gasteiger partial charge in [-0.25, -0.2) is 0 Å². The summed E-state index contributed by atoms with van der Waals surface area (Å²) in [5.74, 6) is -0.0556. The fourth-order valence-electron chi connectivity index (χ4n) is 3.75. The van der Waals surface area contributed by atoms with Crippen LogP contribution in [0.4, 0.5) is 0 Å². The topological polar surface area (TPSA) is 78.4 Å². The van der Waals surface area contributed by atoms with Gasteiger partial charge in [0.25, 0.3) is 0 Å². The Bertz CT molecular complexity index is 846. The molecule has 1 aliphatic heterocycles. The Morgan fingerprint density at radius 3 is 2.63 bits per heavy atom. The van der Waals surface area contributed by atoms with E-state index in [-0.39, 0.29) is 24.0 Å². The number of amides is 2. The van der Waals surface area contributed by atoms with Gasteiger partial charge in [0, 0.05) is 18.4 Å². The first kappa shape index (κ1) is 19.4. The average molecular weight is 368 g/mol. The fourth-order valence-corrected chi connectivity index (χ4v) is 3.75. The van der Waals surface area contributed by atoms with Gasteiger partial charge >= 0.3 is 0 Å². The van der Waals surface area contributed by atoms with Crippen LogP contribution in [0.25, 0.3) is 10.8 Å². The van der Waals surface area contributed by atoms with Crippen molar-refractivity contribution >= 4 is 22.6 Å². The monoisotopic (exact) mass is 368 g/mol. The summed E-state index contributed by atoms with van der Waals surface area (Å²) in [7, 11) is 0. The van der Waals surface area contributed by atoms with Gasteiger partial charge in [-0.2, -0.15) is 0 Å². The smallest absolute Gasteiger partial charge is 0.220 e. The quantitative estimate of drug-likeness (QED) is 0.703. The molecule has 5 heteroatoms. The molecule has 144 valence electrons. The lowest BCUT2D eigenvalue weighted by molar-refractivity contribution is -0.124. The van der Waals surface area contributed by atoms with Crippen molar-refractivity contribution in [2.75, 3.05) is 6.61 Å². The molecule has 0 radical (unpaired) electrons. The molecule has 0 aromatic heterocycles. The molecule has 1 heterocycles. The molecule has 2 aromatic rings. The maximum Gasteiger partial charge on any atom is 0.220 e. The van der Waals surface area contributed by atoms with Crippen LogP contribution >= 0.6 is 0 Å². The normalized spacial score (nSPS) is 19.9. The Morgan fingerprint density at radius 1 is 1.22 bits per heavy atom. The van der Waals surface area contributed by atoms with E-state index in [4.69, 9.17) is 0 Å². The standard InChI is InChI=1S/C22H28N2O3/c1-21(2,15-25)23-19(26)9-11-22(12-10-20(27)24-22)14-16-7-8-17-5-3-4-6-18(17)13-16/h3-8,13,25H,9-12,14-15H2,1-2H3,(H,23,26)(H,24,27)/t22-/m0/s1. The minimum atomic E-state index is -0.637.